The van der Waals surface area contributed by atoms with Crippen molar-refractivity contribution >= 4 is 11.6 Å². The fourth-order valence-electron chi connectivity index (χ4n) is 13.4. The maximum atomic E-state index is 14.9. The number of aliphatic hydroxyl groups excluding tert-OH is 4. The van der Waals surface area contributed by atoms with Crippen LogP contribution in [0.2, 0.25) is 0 Å². The lowest BCUT2D eigenvalue weighted by atomic mass is 9.32. The lowest BCUT2D eigenvalue weighted by molar-refractivity contribution is -0.254. The molecule has 1 aromatic rings. The average Bonchev–Trinajstić information content (AvgIpc) is 3.69. The Bertz CT molecular complexity index is 1490. The van der Waals surface area contributed by atoms with Gasteiger partial charge in [-0.15, -0.1) is 5.10 Å². The van der Waals surface area contributed by atoms with E-state index in [1.54, 1.807) is 0 Å². The summed E-state index contributed by atoms with van der Waals surface area (Å²) in [6, 6.07) is 0. The second kappa shape index (κ2) is 11.3. The SMILES string of the molecule is C=C(C)[C@@H]1CC[C@]2(C(=O)c3cn([C@@H]4O[C@H](CO)[C@@H](O)[C@H](O)[C@H]4O)nn3)CC[C@]3(C)[C@H](CC[C@@H]4[C@@]5(C)CCC(=O)C(C)(C)[C@@H]5CC[C@]43C)[C@@H]12. The Morgan fingerprint density at radius 1 is 0.938 bits per heavy atom. The number of aromatic nitrogens is 3. The van der Waals surface area contributed by atoms with Gasteiger partial charge in [-0.2, -0.15) is 0 Å². The van der Waals surface area contributed by atoms with Crippen LogP contribution < -0.4 is 0 Å². The normalized spacial score (nSPS) is 49.8. The molecule has 14 atom stereocenters. The van der Waals surface area contributed by atoms with E-state index in [1.165, 1.54) is 10.9 Å². The zero-order valence-electron chi connectivity index (χ0n) is 29.7. The molecule has 0 unspecified atom stereocenters. The van der Waals surface area contributed by atoms with Crippen molar-refractivity contribution in [2.75, 3.05) is 6.61 Å². The van der Waals surface area contributed by atoms with Crippen LogP contribution in [-0.4, -0.2) is 78.0 Å². The highest BCUT2D eigenvalue weighted by molar-refractivity contribution is 5.99. The number of nitrogens with zero attached hydrogens (tertiary/aromatic N) is 3. The molecule has 0 radical (unpaired) electrons. The van der Waals surface area contributed by atoms with E-state index in [9.17, 15) is 30.0 Å². The first-order valence-electron chi connectivity index (χ1n) is 18.4. The van der Waals surface area contributed by atoms with Gasteiger partial charge in [-0.3, -0.25) is 9.59 Å². The van der Waals surface area contributed by atoms with Crippen LogP contribution in [0.25, 0.3) is 0 Å². The van der Waals surface area contributed by atoms with Crippen LogP contribution in [0, 0.1) is 56.7 Å². The van der Waals surface area contributed by atoms with Crippen molar-refractivity contribution in [3.05, 3.63) is 24.0 Å². The highest BCUT2D eigenvalue weighted by atomic mass is 16.6. The Hall–Kier alpha value is -1.98. The lowest BCUT2D eigenvalue weighted by Crippen LogP contribution is -2.66. The van der Waals surface area contributed by atoms with Crippen molar-refractivity contribution in [1.29, 1.82) is 0 Å². The predicted octanol–water partition coefficient (Wildman–Crippen LogP) is 4.66. The summed E-state index contributed by atoms with van der Waals surface area (Å²) >= 11 is 0. The van der Waals surface area contributed by atoms with Crippen LogP contribution in [-0.2, 0) is 9.53 Å². The van der Waals surface area contributed by atoms with E-state index in [4.69, 9.17) is 4.74 Å². The van der Waals surface area contributed by atoms with E-state index in [-0.39, 0.29) is 45.0 Å². The third-order valence-corrected chi connectivity index (χ3v) is 16.1. The van der Waals surface area contributed by atoms with Gasteiger partial charge in [0.1, 0.15) is 35.9 Å². The molecule has 5 aliphatic carbocycles. The van der Waals surface area contributed by atoms with Crippen molar-refractivity contribution in [1.82, 2.24) is 15.0 Å². The molecule has 0 aromatic carbocycles. The molecule has 10 nitrogen and oxygen atoms in total. The molecular weight excluding hydrogens is 610 g/mol. The third kappa shape index (κ3) is 4.40. The summed E-state index contributed by atoms with van der Waals surface area (Å²) < 4.78 is 6.94. The van der Waals surface area contributed by atoms with Crippen molar-refractivity contribution in [3.8, 4) is 0 Å². The number of carbonyl (C=O) groups excluding carboxylic acids is 2. The minimum absolute atomic E-state index is 0.0235. The molecule has 0 bridgehead atoms. The zero-order valence-corrected chi connectivity index (χ0v) is 29.7. The predicted molar refractivity (Wildman–Crippen MR) is 177 cm³/mol. The Kier molecular flexibility index (Phi) is 8.09. The maximum absolute atomic E-state index is 14.9. The van der Waals surface area contributed by atoms with Crippen LogP contribution in [0.3, 0.4) is 0 Å². The third-order valence-electron chi connectivity index (χ3n) is 16.1. The number of hydrogen-bond acceptors (Lipinski definition) is 9. The van der Waals surface area contributed by atoms with Gasteiger partial charge < -0.3 is 25.2 Å². The van der Waals surface area contributed by atoms with Crippen LogP contribution in [0.4, 0.5) is 0 Å². The van der Waals surface area contributed by atoms with Gasteiger partial charge in [-0.1, -0.05) is 52.0 Å². The molecule has 266 valence electrons. The van der Waals surface area contributed by atoms with Gasteiger partial charge >= 0.3 is 0 Å². The zero-order chi connectivity index (χ0) is 34.8. The minimum Gasteiger partial charge on any atom is -0.394 e. The summed E-state index contributed by atoms with van der Waals surface area (Å²) in [4.78, 5) is 28.0. The van der Waals surface area contributed by atoms with E-state index >= 15 is 0 Å². The number of aliphatic hydroxyl groups is 4. The number of ketones is 2. The quantitative estimate of drug-likeness (QED) is 0.259. The van der Waals surface area contributed by atoms with E-state index in [2.05, 4.69) is 58.4 Å². The van der Waals surface area contributed by atoms with Gasteiger partial charge in [0.15, 0.2) is 12.0 Å². The Labute approximate surface area is 284 Å². The first-order chi connectivity index (χ1) is 22.5. The summed E-state index contributed by atoms with van der Waals surface area (Å²) in [5.74, 6) is 2.04. The number of allylic oxidation sites excluding steroid dienone is 1. The maximum Gasteiger partial charge on any atom is 0.191 e. The second-order valence-corrected chi connectivity index (χ2v) is 18.1. The average molecular weight is 668 g/mol. The summed E-state index contributed by atoms with van der Waals surface area (Å²) in [5, 5.41) is 49.5. The number of hydrogen-bond donors (Lipinski definition) is 4. The molecule has 2 heterocycles. The van der Waals surface area contributed by atoms with Crippen molar-refractivity contribution < 1.29 is 34.8 Å². The molecule has 1 aliphatic heterocycles. The number of Topliss-reactive ketones (excluding diaryl/α,β-unsaturated/α-hetero) is 2. The summed E-state index contributed by atoms with van der Waals surface area (Å²) in [6.07, 6.45) is 4.07. The van der Waals surface area contributed by atoms with E-state index in [0.29, 0.717) is 30.0 Å². The Balaban J connectivity index is 1.22. The summed E-state index contributed by atoms with van der Waals surface area (Å²) in [5.41, 5.74) is 0.716. The summed E-state index contributed by atoms with van der Waals surface area (Å²) in [6.45, 7) is 18.0. The van der Waals surface area contributed by atoms with Gasteiger partial charge in [0, 0.05) is 17.3 Å². The van der Waals surface area contributed by atoms with Crippen LogP contribution in [0.5, 0.6) is 0 Å². The van der Waals surface area contributed by atoms with Crippen molar-refractivity contribution in [2.45, 2.75) is 136 Å². The molecule has 1 aromatic heterocycles. The van der Waals surface area contributed by atoms with E-state index < -0.39 is 42.7 Å². The first-order valence-corrected chi connectivity index (χ1v) is 18.4. The van der Waals surface area contributed by atoms with Gasteiger partial charge in [0.2, 0.25) is 0 Å². The second-order valence-electron chi connectivity index (χ2n) is 18.1. The smallest absolute Gasteiger partial charge is 0.191 e. The van der Waals surface area contributed by atoms with E-state index in [0.717, 1.165) is 63.4 Å². The van der Waals surface area contributed by atoms with Gasteiger partial charge in [0.05, 0.1) is 12.8 Å². The molecular formula is C38H57N3O7. The summed E-state index contributed by atoms with van der Waals surface area (Å²) in [7, 11) is 0. The fraction of sp³-hybridized carbons (Fsp3) is 0.842. The topological polar surface area (TPSA) is 155 Å². The molecule has 6 fully saturated rings. The molecule has 7 rings (SSSR count). The number of carbonyl (C=O) groups is 2. The minimum atomic E-state index is -1.55. The van der Waals surface area contributed by atoms with E-state index in [1.807, 2.05) is 0 Å². The molecule has 10 heteroatoms. The molecule has 0 amide bonds. The van der Waals surface area contributed by atoms with Crippen LogP contribution in [0.15, 0.2) is 18.3 Å². The Morgan fingerprint density at radius 2 is 1.67 bits per heavy atom. The Morgan fingerprint density at radius 3 is 2.35 bits per heavy atom. The highest BCUT2D eigenvalue weighted by Gasteiger charge is 2.72. The molecule has 1 saturated heterocycles. The van der Waals surface area contributed by atoms with Gasteiger partial charge in [-0.05, 0) is 111 Å². The largest absolute Gasteiger partial charge is 0.394 e. The highest BCUT2D eigenvalue weighted by Crippen LogP contribution is 2.77. The number of fused-ring (bicyclic) bond motifs is 7. The molecule has 5 saturated carbocycles. The standard InChI is InChI=1S/C38H57N3O7/c1-20(2)21-10-15-38(32(47)23-18-41(40-39-23)33-31(46)30(45)29(44)24(19-42)48-33)17-16-36(6)22(28(21)38)8-9-26-35(5)13-12-27(43)34(3,4)25(35)11-14-37(26,36)7/h18,21-22,24-26,28-31,33,42,44-46H,1,8-17,19H2,2-7H3/t21-,22+,24+,25-,26+,28+,29+,30-,31+,33+,35-,36+,37+,38-/m0/s1. The molecule has 48 heavy (non-hydrogen) atoms. The number of ether oxygens (including phenoxy) is 1. The first kappa shape index (κ1) is 34.5. The molecule has 4 N–H and O–H groups in total. The van der Waals surface area contributed by atoms with Crippen LogP contribution >= 0.6 is 0 Å². The molecule has 6 aliphatic rings. The monoisotopic (exact) mass is 667 g/mol. The van der Waals surface area contributed by atoms with Gasteiger partial charge in [0.25, 0.3) is 0 Å². The lowest BCUT2D eigenvalue weighted by Gasteiger charge is -2.72. The van der Waals surface area contributed by atoms with Crippen molar-refractivity contribution in [2.24, 2.45) is 56.7 Å². The molecule has 0 spiro atoms. The van der Waals surface area contributed by atoms with Crippen molar-refractivity contribution in [3.63, 3.8) is 0 Å². The van der Waals surface area contributed by atoms with Crippen LogP contribution in [0.1, 0.15) is 122 Å². The number of rotatable bonds is 5. The fourth-order valence-corrected chi connectivity index (χ4v) is 13.4. The van der Waals surface area contributed by atoms with Gasteiger partial charge in [-0.25, -0.2) is 4.68 Å².